The highest BCUT2D eigenvalue weighted by atomic mass is 32.2. The van der Waals surface area contributed by atoms with Crippen LogP contribution in [0.3, 0.4) is 0 Å². The Bertz CT molecular complexity index is 1020. The molecular formula is C24H28N4O3S. The van der Waals surface area contributed by atoms with Gasteiger partial charge in [0.2, 0.25) is 5.91 Å². The van der Waals surface area contributed by atoms with Crippen LogP contribution in [0.4, 0.5) is 0 Å². The molecular weight excluding hydrogens is 424 g/mol. The molecule has 7 nitrogen and oxygen atoms in total. The molecule has 1 N–H and O–H groups in total. The first-order valence-electron chi connectivity index (χ1n) is 10.9. The predicted octanol–water partition coefficient (Wildman–Crippen LogP) is 4.40. The SMILES string of the molecule is COc1ccccc1-n1c(COc2ccccc2)nnc1SCC(=O)NC1CCCCC1. The van der Waals surface area contributed by atoms with E-state index >= 15 is 0 Å². The van der Waals surface area contributed by atoms with Crippen LogP contribution in [-0.2, 0) is 11.4 Å². The van der Waals surface area contributed by atoms with Gasteiger partial charge in [0.05, 0.1) is 18.6 Å². The maximum Gasteiger partial charge on any atom is 0.230 e. The van der Waals surface area contributed by atoms with Gasteiger partial charge in [-0.2, -0.15) is 0 Å². The summed E-state index contributed by atoms with van der Waals surface area (Å²) < 4.78 is 13.4. The fourth-order valence-electron chi connectivity index (χ4n) is 3.85. The second kappa shape index (κ2) is 11.0. The van der Waals surface area contributed by atoms with Gasteiger partial charge < -0.3 is 14.8 Å². The number of amides is 1. The first-order chi connectivity index (χ1) is 15.7. The molecule has 2 aromatic carbocycles. The number of carbonyl (C=O) groups is 1. The molecule has 32 heavy (non-hydrogen) atoms. The fraction of sp³-hybridized carbons (Fsp3) is 0.375. The zero-order chi connectivity index (χ0) is 22.2. The molecule has 0 aliphatic heterocycles. The van der Waals surface area contributed by atoms with Gasteiger partial charge in [-0.3, -0.25) is 9.36 Å². The fourth-order valence-corrected chi connectivity index (χ4v) is 4.63. The molecule has 1 fully saturated rings. The van der Waals surface area contributed by atoms with Crippen molar-refractivity contribution in [2.75, 3.05) is 12.9 Å². The molecule has 0 radical (unpaired) electrons. The standard InChI is InChI=1S/C24H28N4O3S/c1-30-21-15-9-8-14-20(21)28-22(16-31-19-12-6-3-7-13-19)26-27-24(28)32-17-23(29)25-18-10-4-2-5-11-18/h3,6-9,12-15,18H,2,4-5,10-11,16-17H2,1H3,(H,25,29). The van der Waals surface area contributed by atoms with Gasteiger partial charge in [0, 0.05) is 6.04 Å². The highest BCUT2D eigenvalue weighted by Gasteiger charge is 2.20. The number of hydrogen-bond donors (Lipinski definition) is 1. The third kappa shape index (κ3) is 5.62. The number of nitrogens with one attached hydrogen (secondary N) is 1. The topological polar surface area (TPSA) is 78.3 Å². The predicted molar refractivity (Wildman–Crippen MR) is 124 cm³/mol. The number of aromatic nitrogens is 3. The largest absolute Gasteiger partial charge is 0.495 e. The molecule has 3 aromatic rings. The molecule has 0 saturated heterocycles. The Kier molecular flexibility index (Phi) is 7.66. The highest BCUT2D eigenvalue weighted by molar-refractivity contribution is 7.99. The van der Waals surface area contributed by atoms with Crippen molar-refractivity contribution in [1.82, 2.24) is 20.1 Å². The van der Waals surface area contributed by atoms with Gasteiger partial charge >= 0.3 is 0 Å². The second-order valence-corrected chi connectivity index (χ2v) is 8.64. The van der Waals surface area contributed by atoms with Crippen molar-refractivity contribution < 1.29 is 14.3 Å². The summed E-state index contributed by atoms with van der Waals surface area (Å²) in [6.07, 6.45) is 5.76. The average Bonchev–Trinajstić information content (AvgIpc) is 3.25. The molecule has 1 heterocycles. The van der Waals surface area contributed by atoms with E-state index < -0.39 is 0 Å². The lowest BCUT2D eigenvalue weighted by Crippen LogP contribution is -2.37. The summed E-state index contributed by atoms with van der Waals surface area (Å²) in [5, 5.41) is 12.5. The summed E-state index contributed by atoms with van der Waals surface area (Å²) in [5.41, 5.74) is 0.807. The van der Waals surface area contributed by atoms with Gasteiger partial charge in [-0.1, -0.05) is 61.4 Å². The molecule has 0 bridgehead atoms. The van der Waals surface area contributed by atoms with E-state index in [0.717, 1.165) is 24.3 Å². The summed E-state index contributed by atoms with van der Waals surface area (Å²) in [7, 11) is 1.63. The summed E-state index contributed by atoms with van der Waals surface area (Å²) in [6, 6.07) is 17.6. The smallest absolute Gasteiger partial charge is 0.230 e. The van der Waals surface area contributed by atoms with Crippen LogP contribution >= 0.6 is 11.8 Å². The number of methoxy groups -OCH3 is 1. The minimum atomic E-state index is 0.0264. The number of benzene rings is 2. The number of ether oxygens (including phenoxy) is 2. The van der Waals surface area contributed by atoms with Crippen LogP contribution in [0.1, 0.15) is 37.9 Å². The molecule has 0 unspecified atom stereocenters. The second-order valence-electron chi connectivity index (χ2n) is 7.70. The Morgan fingerprint density at radius 2 is 1.81 bits per heavy atom. The van der Waals surface area contributed by atoms with Crippen LogP contribution in [0.15, 0.2) is 59.8 Å². The quantitative estimate of drug-likeness (QED) is 0.485. The molecule has 8 heteroatoms. The van der Waals surface area contributed by atoms with Crippen molar-refractivity contribution in [2.45, 2.75) is 49.9 Å². The third-order valence-corrected chi connectivity index (χ3v) is 6.37. The first-order valence-corrected chi connectivity index (χ1v) is 11.9. The molecule has 1 amide bonds. The first kappa shape index (κ1) is 22.2. The Morgan fingerprint density at radius 1 is 1.06 bits per heavy atom. The molecule has 0 spiro atoms. The van der Waals surface area contributed by atoms with Gasteiger partial charge in [-0.15, -0.1) is 10.2 Å². The molecule has 4 rings (SSSR count). The Balaban J connectivity index is 1.52. The number of thioether (sulfide) groups is 1. The third-order valence-electron chi connectivity index (χ3n) is 5.44. The van der Waals surface area contributed by atoms with Crippen LogP contribution in [0, 0.1) is 0 Å². The van der Waals surface area contributed by atoms with E-state index in [-0.39, 0.29) is 18.3 Å². The highest BCUT2D eigenvalue weighted by Crippen LogP contribution is 2.29. The van der Waals surface area contributed by atoms with Gasteiger partial charge in [0.15, 0.2) is 11.0 Å². The lowest BCUT2D eigenvalue weighted by atomic mass is 9.95. The van der Waals surface area contributed by atoms with E-state index in [1.165, 1.54) is 31.0 Å². The van der Waals surface area contributed by atoms with Gasteiger partial charge in [0.25, 0.3) is 0 Å². The number of rotatable bonds is 9. The molecule has 1 aliphatic carbocycles. The summed E-state index contributed by atoms with van der Waals surface area (Å²) in [4.78, 5) is 12.5. The number of para-hydroxylation sites is 3. The van der Waals surface area contributed by atoms with E-state index in [2.05, 4.69) is 15.5 Å². The van der Waals surface area contributed by atoms with Crippen LogP contribution in [0.25, 0.3) is 5.69 Å². The normalized spacial score (nSPS) is 14.2. The molecule has 0 atom stereocenters. The zero-order valence-corrected chi connectivity index (χ0v) is 19.0. The van der Waals surface area contributed by atoms with Gasteiger partial charge in [-0.05, 0) is 37.1 Å². The van der Waals surface area contributed by atoms with Crippen molar-refractivity contribution in [2.24, 2.45) is 0 Å². The molecule has 168 valence electrons. The maximum absolute atomic E-state index is 12.5. The molecule has 1 saturated carbocycles. The van der Waals surface area contributed by atoms with Crippen molar-refractivity contribution in [3.8, 4) is 17.2 Å². The summed E-state index contributed by atoms with van der Waals surface area (Å²) in [6.45, 7) is 0.240. The number of carbonyl (C=O) groups excluding carboxylic acids is 1. The molecule has 1 aliphatic rings. The van der Waals surface area contributed by atoms with Crippen LogP contribution in [-0.4, -0.2) is 39.6 Å². The van der Waals surface area contributed by atoms with Crippen molar-refractivity contribution in [3.05, 3.63) is 60.4 Å². The molecule has 1 aromatic heterocycles. The Morgan fingerprint density at radius 3 is 2.59 bits per heavy atom. The van der Waals surface area contributed by atoms with Crippen molar-refractivity contribution >= 4 is 17.7 Å². The monoisotopic (exact) mass is 452 g/mol. The van der Waals surface area contributed by atoms with E-state index in [1.54, 1.807) is 7.11 Å². The maximum atomic E-state index is 12.5. The average molecular weight is 453 g/mol. The number of nitrogens with zero attached hydrogens (tertiary/aromatic N) is 3. The summed E-state index contributed by atoms with van der Waals surface area (Å²) >= 11 is 1.37. The van der Waals surface area contributed by atoms with Gasteiger partial charge in [-0.25, -0.2) is 0 Å². The minimum absolute atomic E-state index is 0.0264. The number of hydrogen-bond acceptors (Lipinski definition) is 6. The van der Waals surface area contributed by atoms with Crippen LogP contribution in [0.5, 0.6) is 11.5 Å². The van der Waals surface area contributed by atoms with Crippen molar-refractivity contribution in [1.29, 1.82) is 0 Å². The van der Waals surface area contributed by atoms with E-state index in [1.807, 2.05) is 59.2 Å². The van der Waals surface area contributed by atoms with E-state index in [9.17, 15) is 4.79 Å². The van der Waals surface area contributed by atoms with Crippen LogP contribution < -0.4 is 14.8 Å². The summed E-state index contributed by atoms with van der Waals surface area (Å²) in [5.74, 6) is 2.39. The lowest BCUT2D eigenvalue weighted by molar-refractivity contribution is -0.119. The Hall–Kier alpha value is -3.00. The van der Waals surface area contributed by atoms with E-state index in [0.29, 0.717) is 22.8 Å². The lowest BCUT2D eigenvalue weighted by Gasteiger charge is -2.22. The van der Waals surface area contributed by atoms with Crippen LogP contribution in [0.2, 0.25) is 0 Å². The van der Waals surface area contributed by atoms with Crippen molar-refractivity contribution in [3.63, 3.8) is 0 Å². The van der Waals surface area contributed by atoms with E-state index in [4.69, 9.17) is 9.47 Å². The zero-order valence-electron chi connectivity index (χ0n) is 18.2. The Labute approximate surface area is 192 Å². The van der Waals surface area contributed by atoms with Gasteiger partial charge in [0.1, 0.15) is 18.1 Å². The minimum Gasteiger partial charge on any atom is -0.495 e.